The molecule has 0 fully saturated rings. The van der Waals surface area contributed by atoms with E-state index in [2.05, 4.69) is 25.0 Å². The van der Waals surface area contributed by atoms with Gasteiger partial charge in [0.1, 0.15) is 6.04 Å². The van der Waals surface area contributed by atoms with E-state index in [1.165, 1.54) is 0 Å². The largest absolute Gasteiger partial charge is 0.340 e. The van der Waals surface area contributed by atoms with E-state index >= 15 is 0 Å². The average molecular weight is 415 g/mol. The van der Waals surface area contributed by atoms with Crippen molar-refractivity contribution in [2.45, 2.75) is 33.7 Å². The molecule has 1 aromatic carbocycles. The summed E-state index contributed by atoms with van der Waals surface area (Å²) in [5, 5.41) is 7.16. The van der Waals surface area contributed by atoms with Gasteiger partial charge in [0.2, 0.25) is 11.7 Å². The Morgan fingerprint density at radius 2 is 1.77 bits per heavy atom. The number of nitrogens with one attached hydrogen (secondary N) is 1. The minimum atomic E-state index is -0.407. The van der Waals surface area contributed by atoms with Gasteiger partial charge in [-0.2, -0.15) is 4.98 Å². The summed E-state index contributed by atoms with van der Waals surface area (Å²) in [5.74, 6) is 0.747. The zero-order valence-corrected chi connectivity index (χ0v) is 18.0. The molecule has 7 heteroatoms. The highest BCUT2D eigenvalue weighted by molar-refractivity contribution is 5.96. The van der Waals surface area contributed by atoms with Gasteiger partial charge in [0, 0.05) is 35.0 Å². The van der Waals surface area contributed by atoms with Crippen molar-refractivity contribution in [1.82, 2.24) is 25.0 Å². The predicted molar refractivity (Wildman–Crippen MR) is 118 cm³/mol. The SMILES string of the molecule is Cc1cc(C(=O)NC(c2nc(-c3ccncc3)no2)C(C)C)c(C)n1-c1ccccc1. The molecule has 0 radical (unpaired) electrons. The summed E-state index contributed by atoms with van der Waals surface area (Å²) >= 11 is 0. The number of aromatic nitrogens is 4. The lowest BCUT2D eigenvalue weighted by Crippen LogP contribution is -2.32. The van der Waals surface area contributed by atoms with Gasteiger partial charge in [0.15, 0.2) is 0 Å². The summed E-state index contributed by atoms with van der Waals surface area (Å²) in [5.41, 5.74) is 4.33. The number of hydrogen-bond donors (Lipinski definition) is 1. The van der Waals surface area contributed by atoms with Crippen molar-refractivity contribution in [3.8, 4) is 17.1 Å². The molecule has 4 aromatic rings. The van der Waals surface area contributed by atoms with E-state index < -0.39 is 6.04 Å². The summed E-state index contributed by atoms with van der Waals surface area (Å²) in [6.07, 6.45) is 3.35. The number of carbonyl (C=O) groups is 1. The van der Waals surface area contributed by atoms with Gasteiger partial charge in [-0.1, -0.05) is 37.2 Å². The van der Waals surface area contributed by atoms with Crippen LogP contribution in [0.25, 0.3) is 17.1 Å². The number of benzene rings is 1. The van der Waals surface area contributed by atoms with E-state index in [-0.39, 0.29) is 11.8 Å². The molecule has 0 bridgehead atoms. The topological polar surface area (TPSA) is 85.8 Å². The summed E-state index contributed by atoms with van der Waals surface area (Å²) in [7, 11) is 0. The number of amides is 1. The van der Waals surface area contributed by atoms with Crippen molar-refractivity contribution in [2.24, 2.45) is 5.92 Å². The van der Waals surface area contributed by atoms with E-state index in [4.69, 9.17) is 4.52 Å². The smallest absolute Gasteiger partial charge is 0.253 e. The van der Waals surface area contributed by atoms with Crippen LogP contribution in [0.1, 0.15) is 47.5 Å². The van der Waals surface area contributed by atoms with Gasteiger partial charge in [-0.05, 0) is 50.1 Å². The zero-order valence-electron chi connectivity index (χ0n) is 18.0. The monoisotopic (exact) mass is 415 g/mol. The molecule has 0 aliphatic heterocycles. The molecule has 1 unspecified atom stereocenters. The van der Waals surface area contributed by atoms with Crippen LogP contribution >= 0.6 is 0 Å². The van der Waals surface area contributed by atoms with Crippen LogP contribution in [-0.4, -0.2) is 25.6 Å². The fourth-order valence-corrected chi connectivity index (χ4v) is 3.68. The molecule has 3 aromatic heterocycles. The van der Waals surface area contributed by atoms with Crippen LogP contribution in [-0.2, 0) is 0 Å². The third kappa shape index (κ3) is 4.12. The summed E-state index contributed by atoms with van der Waals surface area (Å²) in [4.78, 5) is 21.7. The van der Waals surface area contributed by atoms with Gasteiger partial charge in [-0.3, -0.25) is 9.78 Å². The van der Waals surface area contributed by atoms with Crippen molar-refractivity contribution >= 4 is 5.91 Å². The van der Waals surface area contributed by atoms with Gasteiger partial charge >= 0.3 is 0 Å². The van der Waals surface area contributed by atoms with Gasteiger partial charge in [0.05, 0.1) is 5.56 Å². The molecule has 0 aliphatic carbocycles. The Kier molecular flexibility index (Phi) is 5.66. The lowest BCUT2D eigenvalue weighted by molar-refractivity contribution is 0.0913. The lowest BCUT2D eigenvalue weighted by atomic mass is 10.0. The fourth-order valence-electron chi connectivity index (χ4n) is 3.68. The first kappa shape index (κ1) is 20.5. The van der Waals surface area contributed by atoms with E-state index in [1.807, 2.05) is 76.2 Å². The van der Waals surface area contributed by atoms with Crippen LogP contribution in [0.4, 0.5) is 0 Å². The molecular formula is C24H25N5O2. The minimum Gasteiger partial charge on any atom is -0.340 e. The molecule has 0 aliphatic rings. The average Bonchev–Trinajstić information content (AvgIpc) is 3.37. The first-order valence-electron chi connectivity index (χ1n) is 10.2. The highest BCUT2D eigenvalue weighted by Gasteiger charge is 2.27. The maximum atomic E-state index is 13.2. The Labute approximate surface area is 181 Å². The molecule has 158 valence electrons. The predicted octanol–water partition coefficient (Wildman–Crippen LogP) is 4.67. The summed E-state index contributed by atoms with van der Waals surface area (Å²) in [6.45, 7) is 7.96. The zero-order chi connectivity index (χ0) is 22.0. The van der Waals surface area contributed by atoms with Crippen molar-refractivity contribution in [3.63, 3.8) is 0 Å². The molecule has 3 heterocycles. The second kappa shape index (κ2) is 8.55. The molecule has 1 atom stereocenters. The summed E-state index contributed by atoms with van der Waals surface area (Å²) in [6, 6.07) is 15.1. The Morgan fingerprint density at radius 1 is 1.06 bits per heavy atom. The van der Waals surface area contributed by atoms with Gasteiger partial charge < -0.3 is 14.4 Å². The Bertz CT molecular complexity index is 1180. The van der Waals surface area contributed by atoms with Crippen LogP contribution in [0.2, 0.25) is 0 Å². The summed E-state index contributed by atoms with van der Waals surface area (Å²) < 4.78 is 7.58. The van der Waals surface area contributed by atoms with Gasteiger partial charge in [-0.25, -0.2) is 0 Å². The van der Waals surface area contributed by atoms with Crippen LogP contribution < -0.4 is 5.32 Å². The number of aryl methyl sites for hydroxylation is 1. The normalized spacial score (nSPS) is 12.2. The third-order valence-corrected chi connectivity index (χ3v) is 5.29. The molecule has 31 heavy (non-hydrogen) atoms. The van der Waals surface area contributed by atoms with Gasteiger partial charge in [0.25, 0.3) is 5.91 Å². The van der Waals surface area contributed by atoms with Crippen LogP contribution in [0.3, 0.4) is 0 Å². The molecule has 0 saturated heterocycles. The van der Waals surface area contributed by atoms with E-state index in [1.54, 1.807) is 12.4 Å². The maximum absolute atomic E-state index is 13.2. The first-order valence-corrected chi connectivity index (χ1v) is 10.2. The standard InChI is InChI=1S/C24H25N5O2/c1-15(2)21(24-27-22(28-31-24)18-10-12-25-13-11-18)26-23(30)20-14-16(3)29(17(20)4)19-8-6-5-7-9-19/h5-15,21H,1-4H3,(H,26,30). The van der Waals surface area contributed by atoms with Gasteiger partial charge in [-0.15, -0.1) is 0 Å². The molecule has 0 spiro atoms. The van der Waals surface area contributed by atoms with Crippen LogP contribution in [0.5, 0.6) is 0 Å². The molecule has 1 amide bonds. The highest BCUT2D eigenvalue weighted by Crippen LogP contribution is 2.25. The Hall–Kier alpha value is -3.74. The number of carbonyl (C=O) groups excluding carboxylic acids is 1. The Balaban J connectivity index is 1.60. The van der Waals surface area contributed by atoms with E-state index in [0.29, 0.717) is 17.3 Å². The van der Waals surface area contributed by atoms with E-state index in [0.717, 1.165) is 22.6 Å². The second-order valence-corrected chi connectivity index (χ2v) is 7.84. The quantitative estimate of drug-likeness (QED) is 0.495. The highest BCUT2D eigenvalue weighted by atomic mass is 16.5. The van der Waals surface area contributed by atoms with Crippen molar-refractivity contribution in [1.29, 1.82) is 0 Å². The third-order valence-electron chi connectivity index (χ3n) is 5.29. The molecular weight excluding hydrogens is 390 g/mol. The van der Waals surface area contributed by atoms with Crippen molar-refractivity contribution < 1.29 is 9.32 Å². The lowest BCUT2D eigenvalue weighted by Gasteiger charge is -2.18. The molecule has 4 rings (SSSR count). The van der Waals surface area contributed by atoms with Crippen LogP contribution in [0.15, 0.2) is 65.4 Å². The maximum Gasteiger partial charge on any atom is 0.253 e. The fraction of sp³-hybridized carbons (Fsp3) is 0.250. The van der Waals surface area contributed by atoms with Crippen LogP contribution in [0, 0.1) is 19.8 Å². The number of pyridine rings is 1. The second-order valence-electron chi connectivity index (χ2n) is 7.84. The molecule has 0 saturated carbocycles. The van der Waals surface area contributed by atoms with Crippen molar-refractivity contribution in [2.75, 3.05) is 0 Å². The van der Waals surface area contributed by atoms with Crippen molar-refractivity contribution in [3.05, 3.63) is 83.8 Å². The molecule has 1 N–H and O–H groups in total. The number of hydrogen-bond acceptors (Lipinski definition) is 5. The minimum absolute atomic E-state index is 0.0623. The number of nitrogens with zero attached hydrogens (tertiary/aromatic N) is 4. The molecule has 7 nitrogen and oxygen atoms in total. The first-order chi connectivity index (χ1) is 15.0. The van der Waals surface area contributed by atoms with E-state index in [9.17, 15) is 4.79 Å². The Morgan fingerprint density at radius 3 is 2.45 bits per heavy atom. The number of rotatable bonds is 6. The number of para-hydroxylation sites is 1.